The number of nitrogens with two attached hydrogens (primary N) is 1. The number of nitrogen functional groups attached to an aromatic ring is 1. The molecule has 0 amide bonds. The summed E-state index contributed by atoms with van der Waals surface area (Å²) in [6.45, 7) is 2.14. The van der Waals surface area contributed by atoms with E-state index >= 15 is 0 Å². The Morgan fingerprint density at radius 2 is 2.60 bits per heavy atom. The van der Waals surface area contributed by atoms with Gasteiger partial charge in [-0.15, -0.1) is 11.8 Å². The highest BCUT2D eigenvalue weighted by Crippen LogP contribution is 2.22. The largest absolute Gasteiger partial charge is 0.383 e. The van der Waals surface area contributed by atoms with Crippen LogP contribution in [0.25, 0.3) is 0 Å². The number of nitrogens with zero attached hydrogens (tertiary/aromatic N) is 1. The van der Waals surface area contributed by atoms with E-state index in [9.17, 15) is 0 Å². The normalized spacial score (nSPS) is 10.1. The molecule has 0 saturated heterocycles. The molecule has 0 radical (unpaired) electrons. The van der Waals surface area contributed by atoms with Crippen molar-refractivity contribution in [3.8, 4) is 0 Å². The van der Waals surface area contributed by atoms with Gasteiger partial charge in [-0.25, -0.2) is 0 Å². The topological polar surface area (TPSA) is 54.7 Å². The van der Waals surface area contributed by atoms with Crippen LogP contribution in [0.3, 0.4) is 0 Å². The van der Waals surface area contributed by atoms with Crippen LogP contribution in [0, 0.1) is 0 Å². The quantitative estimate of drug-likeness (QED) is 0.654. The Balaban J connectivity index is 2.49. The maximum absolute atomic E-state index is 5.54. The van der Waals surface area contributed by atoms with Gasteiger partial charge in [0.1, 0.15) is 5.82 Å². The molecule has 1 aromatic heterocycles. The van der Waals surface area contributed by atoms with Gasteiger partial charge >= 0.3 is 0 Å². The minimum Gasteiger partial charge on any atom is -0.383 e. The first kappa shape index (κ1) is 7.47. The zero-order chi connectivity index (χ0) is 7.40. The van der Waals surface area contributed by atoms with Gasteiger partial charge in [-0.2, -0.15) is 5.10 Å². The summed E-state index contributed by atoms with van der Waals surface area (Å²) >= 11 is 1.73. The first-order valence-corrected chi connectivity index (χ1v) is 4.24. The van der Waals surface area contributed by atoms with Crippen molar-refractivity contribution in [2.24, 2.45) is 0 Å². The van der Waals surface area contributed by atoms with Gasteiger partial charge in [-0.3, -0.25) is 5.10 Å². The van der Waals surface area contributed by atoms with E-state index in [1.54, 1.807) is 18.0 Å². The fourth-order valence-corrected chi connectivity index (χ4v) is 1.36. The zero-order valence-corrected chi connectivity index (χ0v) is 6.74. The maximum atomic E-state index is 5.54. The first-order chi connectivity index (χ1) is 4.84. The fourth-order valence-electron chi connectivity index (χ4n) is 0.612. The van der Waals surface area contributed by atoms with Gasteiger partial charge < -0.3 is 5.73 Å². The van der Waals surface area contributed by atoms with E-state index < -0.39 is 0 Å². The number of H-pyrrole nitrogens is 1. The predicted molar refractivity (Wildman–Crippen MR) is 44.0 cm³/mol. The number of nitrogens with one attached hydrogen (secondary N) is 1. The highest BCUT2D eigenvalue weighted by Gasteiger charge is 1.98. The highest BCUT2D eigenvalue weighted by molar-refractivity contribution is 7.99. The zero-order valence-electron chi connectivity index (χ0n) is 5.92. The van der Waals surface area contributed by atoms with Crippen LogP contribution in [-0.2, 0) is 0 Å². The van der Waals surface area contributed by atoms with E-state index in [1.165, 1.54) is 0 Å². The van der Waals surface area contributed by atoms with E-state index in [0.717, 1.165) is 17.1 Å². The van der Waals surface area contributed by atoms with Crippen LogP contribution in [0.4, 0.5) is 5.82 Å². The van der Waals surface area contributed by atoms with Crippen LogP contribution in [0.5, 0.6) is 0 Å². The third-order valence-electron chi connectivity index (χ3n) is 1.09. The van der Waals surface area contributed by atoms with Crippen molar-refractivity contribution in [2.45, 2.75) is 18.2 Å². The average Bonchev–Trinajstić information content (AvgIpc) is 2.31. The molecule has 0 spiro atoms. The summed E-state index contributed by atoms with van der Waals surface area (Å²) < 4.78 is 0. The Bertz CT molecular complexity index is 197. The van der Waals surface area contributed by atoms with E-state index in [4.69, 9.17) is 5.73 Å². The van der Waals surface area contributed by atoms with Gasteiger partial charge in [-0.1, -0.05) is 6.92 Å². The molecule has 0 bridgehead atoms. The van der Waals surface area contributed by atoms with E-state index in [-0.39, 0.29) is 0 Å². The van der Waals surface area contributed by atoms with Gasteiger partial charge in [0.25, 0.3) is 0 Å². The minimum atomic E-state index is 0.679. The molecule has 0 fully saturated rings. The number of hydrogen-bond donors (Lipinski definition) is 2. The third-order valence-corrected chi connectivity index (χ3v) is 2.34. The summed E-state index contributed by atoms with van der Waals surface area (Å²) in [7, 11) is 0. The maximum Gasteiger partial charge on any atom is 0.132 e. The molecule has 1 rings (SSSR count). The van der Waals surface area contributed by atoms with Gasteiger partial charge in [0.05, 0.1) is 11.1 Å². The Kier molecular flexibility index (Phi) is 2.62. The Hall–Kier alpha value is -0.640. The average molecular weight is 157 g/mol. The van der Waals surface area contributed by atoms with E-state index in [2.05, 4.69) is 17.1 Å². The number of aromatic nitrogens is 2. The van der Waals surface area contributed by atoms with Gasteiger partial charge in [-0.05, 0) is 12.2 Å². The molecule has 4 heteroatoms. The highest BCUT2D eigenvalue weighted by atomic mass is 32.2. The predicted octanol–water partition coefficient (Wildman–Crippen LogP) is 1.49. The summed E-state index contributed by atoms with van der Waals surface area (Å²) in [6.07, 6.45) is 2.92. The number of anilines is 1. The second kappa shape index (κ2) is 3.51. The van der Waals surface area contributed by atoms with Crippen molar-refractivity contribution in [2.75, 3.05) is 11.5 Å². The number of thioether (sulfide) groups is 1. The lowest BCUT2D eigenvalue weighted by molar-refractivity contribution is 1.10. The molecule has 0 aliphatic heterocycles. The van der Waals surface area contributed by atoms with Gasteiger partial charge in [0.15, 0.2) is 0 Å². The summed E-state index contributed by atoms with van der Waals surface area (Å²) in [4.78, 5) is 1.06. The van der Waals surface area contributed by atoms with Crippen molar-refractivity contribution in [3.63, 3.8) is 0 Å². The molecule has 0 unspecified atom stereocenters. The summed E-state index contributed by atoms with van der Waals surface area (Å²) in [5.74, 6) is 1.78. The standard InChI is InChI=1S/C6H11N3S/c1-2-3-10-5-4-8-9-6(5)7/h4H,2-3H2,1H3,(H3,7,8,9). The van der Waals surface area contributed by atoms with Crippen molar-refractivity contribution in [1.82, 2.24) is 10.2 Å². The lowest BCUT2D eigenvalue weighted by Crippen LogP contribution is -1.86. The Labute approximate surface area is 64.4 Å². The SMILES string of the molecule is CCCSc1cn[nH]c1N. The monoisotopic (exact) mass is 157 g/mol. The summed E-state index contributed by atoms with van der Waals surface area (Å²) in [6, 6.07) is 0. The van der Waals surface area contributed by atoms with Crippen LogP contribution < -0.4 is 5.73 Å². The second-order valence-electron chi connectivity index (χ2n) is 2.00. The molecule has 1 aromatic rings. The second-order valence-corrected chi connectivity index (χ2v) is 3.13. The van der Waals surface area contributed by atoms with Gasteiger partial charge in [0.2, 0.25) is 0 Å². The molecule has 10 heavy (non-hydrogen) atoms. The van der Waals surface area contributed by atoms with Crippen molar-refractivity contribution < 1.29 is 0 Å². The van der Waals surface area contributed by atoms with Crippen LogP contribution >= 0.6 is 11.8 Å². The molecule has 0 saturated carbocycles. The molecule has 0 aromatic carbocycles. The van der Waals surface area contributed by atoms with Crippen LogP contribution in [0.1, 0.15) is 13.3 Å². The Morgan fingerprint density at radius 3 is 3.10 bits per heavy atom. The molecule has 0 aliphatic rings. The van der Waals surface area contributed by atoms with Crippen molar-refractivity contribution in [1.29, 1.82) is 0 Å². The lowest BCUT2D eigenvalue weighted by Gasteiger charge is -1.93. The van der Waals surface area contributed by atoms with E-state index in [0.29, 0.717) is 5.82 Å². The summed E-state index contributed by atoms with van der Waals surface area (Å²) in [5, 5.41) is 6.49. The molecule has 0 aliphatic carbocycles. The van der Waals surface area contributed by atoms with Gasteiger partial charge in [0, 0.05) is 0 Å². The molecule has 3 N–H and O–H groups in total. The number of aromatic amines is 1. The number of hydrogen-bond acceptors (Lipinski definition) is 3. The van der Waals surface area contributed by atoms with Crippen LogP contribution in [-0.4, -0.2) is 16.0 Å². The van der Waals surface area contributed by atoms with Crippen molar-refractivity contribution in [3.05, 3.63) is 6.20 Å². The first-order valence-electron chi connectivity index (χ1n) is 3.26. The molecular formula is C6H11N3S. The molecular weight excluding hydrogens is 146 g/mol. The molecule has 1 heterocycles. The fraction of sp³-hybridized carbons (Fsp3) is 0.500. The lowest BCUT2D eigenvalue weighted by atomic mass is 10.6. The molecule has 0 atom stereocenters. The molecule has 56 valence electrons. The smallest absolute Gasteiger partial charge is 0.132 e. The van der Waals surface area contributed by atoms with Crippen molar-refractivity contribution >= 4 is 17.6 Å². The number of rotatable bonds is 3. The third kappa shape index (κ3) is 1.67. The molecule has 3 nitrogen and oxygen atoms in total. The van der Waals surface area contributed by atoms with E-state index in [1.807, 2.05) is 0 Å². The minimum absolute atomic E-state index is 0.679. The van der Waals surface area contributed by atoms with Crippen LogP contribution in [0.15, 0.2) is 11.1 Å². The van der Waals surface area contributed by atoms with Crippen LogP contribution in [0.2, 0.25) is 0 Å². The summed E-state index contributed by atoms with van der Waals surface area (Å²) in [5.41, 5.74) is 5.54. The Morgan fingerprint density at radius 1 is 1.80 bits per heavy atom.